The zero-order chi connectivity index (χ0) is 14.5. The van der Waals surface area contributed by atoms with Gasteiger partial charge in [0.15, 0.2) is 0 Å². The number of para-hydroxylation sites is 1. The summed E-state index contributed by atoms with van der Waals surface area (Å²) in [4.78, 5) is 13.5. The van der Waals surface area contributed by atoms with Crippen molar-refractivity contribution in [3.63, 3.8) is 0 Å². The first-order valence-electron chi connectivity index (χ1n) is 7.30. The lowest BCUT2D eigenvalue weighted by atomic mass is 9.78. The Morgan fingerprint density at radius 3 is 2.95 bits per heavy atom. The third kappa shape index (κ3) is 3.54. The molecule has 1 aliphatic rings. The molecule has 2 rings (SSSR count). The van der Waals surface area contributed by atoms with E-state index in [2.05, 4.69) is 6.07 Å². The van der Waals surface area contributed by atoms with Crippen molar-refractivity contribution >= 4 is 18.7 Å². The van der Waals surface area contributed by atoms with Crippen LogP contribution < -0.4 is 4.81 Å². The highest BCUT2D eigenvalue weighted by molar-refractivity contribution is 6.53. The van der Waals surface area contributed by atoms with E-state index < -0.39 is 7.05 Å². The fraction of sp³-hybridized carbons (Fsp3) is 0.533. The van der Waals surface area contributed by atoms with Crippen LogP contribution in [-0.4, -0.2) is 31.2 Å². The Bertz CT molecular complexity index is 464. The summed E-state index contributed by atoms with van der Waals surface area (Å²) < 4.78 is 4.97. The predicted molar refractivity (Wildman–Crippen MR) is 80.7 cm³/mol. The van der Waals surface area contributed by atoms with Crippen molar-refractivity contribution in [2.75, 3.05) is 18.0 Å². The van der Waals surface area contributed by atoms with Crippen molar-refractivity contribution in [2.24, 2.45) is 5.92 Å². The first-order valence-corrected chi connectivity index (χ1v) is 7.30. The van der Waals surface area contributed by atoms with Crippen LogP contribution in [0.25, 0.3) is 0 Å². The van der Waals surface area contributed by atoms with Gasteiger partial charge in [0, 0.05) is 18.7 Å². The minimum atomic E-state index is -0.512. The fourth-order valence-corrected chi connectivity index (χ4v) is 2.82. The Hall–Kier alpha value is -1.49. The summed E-state index contributed by atoms with van der Waals surface area (Å²) in [5, 5.41) is 9.94. The molecule has 1 heterocycles. The van der Waals surface area contributed by atoms with Crippen molar-refractivity contribution in [2.45, 2.75) is 33.0 Å². The first-order chi connectivity index (χ1) is 9.61. The standard InChI is InChI=1S/C15H22BNO3/c1-3-20-15(18)9-8-12-10-13-6-4-5-7-14(13)17(11-12)16(2)19/h4-7,12,19H,3,8-11H2,1-2H3. The van der Waals surface area contributed by atoms with Gasteiger partial charge in [-0.2, -0.15) is 0 Å². The third-order valence-electron chi connectivity index (χ3n) is 3.78. The van der Waals surface area contributed by atoms with Gasteiger partial charge in [-0.1, -0.05) is 18.2 Å². The summed E-state index contributed by atoms with van der Waals surface area (Å²) in [5.41, 5.74) is 2.35. The molecule has 4 nitrogen and oxygen atoms in total. The van der Waals surface area contributed by atoms with Gasteiger partial charge in [0.05, 0.1) is 6.61 Å². The maximum atomic E-state index is 11.5. The molecule has 0 aromatic heterocycles. The van der Waals surface area contributed by atoms with E-state index in [9.17, 15) is 9.82 Å². The molecule has 0 spiro atoms. The van der Waals surface area contributed by atoms with Crippen LogP contribution in [0.5, 0.6) is 0 Å². The number of ether oxygens (including phenoxy) is 1. The van der Waals surface area contributed by atoms with E-state index in [1.807, 2.05) is 29.9 Å². The Morgan fingerprint density at radius 2 is 2.25 bits per heavy atom. The van der Waals surface area contributed by atoms with Crippen LogP contribution in [0.1, 0.15) is 25.3 Å². The van der Waals surface area contributed by atoms with Gasteiger partial charge < -0.3 is 14.6 Å². The van der Waals surface area contributed by atoms with Gasteiger partial charge >= 0.3 is 13.0 Å². The van der Waals surface area contributed by atoms with E-state index in [0.717, 1.165) is 25.1 Å². The lowest BCUT2D eigenvalue weighted by molar-refractivity contribution is -0.143. The summed E-state index contributed by atoms with van der Waals surface area (Å²) in [6, 6.07) is 8.16. The summed E-state index contributed by atoms with van der Waals surface area (Å²) in [5.74, 6) is 0.249. The highest BCUT2D eigenvalue weighted by Gasteiger charge is 2.28. The van der Waals surface area contributed by atoms with Gasteiger partial charge in [0.25, 0.3) is 0 Å². The molecule has 5 heteroatoms. The molecule has 1 atom stereocenters. The number of hydrogen-bond donors (Lipinski definition) is 1. The molecule has 0 saturated heterocycles. The van der Waals surface area contributed by atoms with E-state index >= 15 is 0 Å². The highest BCUT2D eigenvalue weighted by Crippen LogP contribution is 2.31. The lowest BCUT2D eigenvalue weighted by Crippen LogP contribution is -2.44. The number of benzene rings is 1. The smallest absolute Gasteiger partial charge is 0.409 e. The van der Waals surface area contributed by atoms with E-state index in [4.69, 9.17) is 4.74 Å². The number of hydrogen-bond acceptors (Lipinski definition) is 4. The third-order valence-corrected chi connectivity index (χ3v) is 3.78. The molecular weight excluding hydrogens is 253 g/mol. The normalized spacial score (nSPS) is 17.6. The van der Waals surface area contributed by atoms with Crippen LogP contribution in [0.3, 0.4) is 0 Å². The maximum Gasteiger partial charge on any atom is 0.409 e. The van der Waals surface area contributed by atoms with Crippen LogP contribution >= 0.6 is 0 Å². The van der Waals surface area contributed by atoms with Crippen LogP contribution in [-0.2, 0) is 16.0 Å². The number of anilines is 1. The number of esters is 1. The monoisotopic (exact) mass is 275 g/mol. The molecule has 1 unspecified atom stereocenters. The second-order valence-corrected chi connectivity index (χ2v) is 5.33. The lowest BCUT2D eigenvalue weighted by Gasteiger charge is -2.37. The first kappa shape index (κ1) is 14.9. The van der Waals surface area contributed by atoms with Gasteiger partial charge in [-0.25, -0.2) is 0 Å². The molecule has 0 radical (unpaired) electrons. The highest BCUT2D eigenvalue weighted by atomic mass is 16.5. The van der Waals surface area contributed by atoms with Crippen LogP contribution in [0.15, 0.2) is 24.3 Å². The Balaban J connectivity index is 2.03. The molecule has 0 bridgehead atoms. The van der Waals surface area contributed by atoms with E-state index in [0.29, 0.717) is 18.9 Å². The molecule has 0 fully saturated rings. The molecule has 1 N–H and O–H groups in total. The molecule has 1 aliphatic heterocycles. The molecule has 20 heavy (non-hydrogen) atoms. The number of carbonyl (C=O) groups is 1. The molecule has 0 saturated carbocycles. The van der Waals surface area contributed by atoms with Crippen molar-refractivity contribution in [1.82, 2.24) is 0 Å². The van der Waals surface area contributed by atoms with Gasteiger partial charge in [-0.3, -0.25) is 4.79 Å². The van der Waals surface area contributed by atoms with Gasteiger partial charge in [-0.15, -0.1) is 0 Å². The second-order valence-electron chi connectivity index (χ2n) is 5.33. The SMILES string of the molecule is CCOC(=O)CCC1Cc2ccccc2N(B(C)O)C1. The number of carbonyl (C=O) groups excluding carboxylic acids is 1. The van der Waals surface area contributed by atoms with Gasteiger partial charge in [0.1, 0.15) is 0 Å². The van der Waals surface area contributed by atoms with Crippen molar-refractivity contribution < 1.29 is 14.6 Å². The van der Waals surface area contributed by atoms with Crippen molar-refractivity contribution in [3.05, 3.63) is 29.8 Å². The van der Waals surface area contributed by atoms with E-state index in [-0.39, 0.29) is 5.97 Å². The largest absolute Gasteiger partial charge is 0.466 e. The minimum absolute atomic E-state index is 0.130. The average Bonchev–Trinajstić information content (AvgIpc) is 2.44. The molecule has 0 amide bonds. The van der Waals surface area contributed by atoms with Crippen molar-refractivity contribution in [3.8, 4) is 0 Å². The van der Waals surface area contributed by atoms with Crippen molar-refractivity contribution in [1.29, 1.82) is 0 Å². The Labute approximate surface area is 120 Å². The molecule has 1 aromatic carbocycles. The zero-order valence-electron chi connectivity index (χ0n) is 12.2. The van der Waals surface area contributed by atoms with Crippen LogP contribution in [0.2, 0.25) is 6.82 Å². The number of nitrogens with zero attached hydrogens (tertiary/aromatic N) is 1. The maximum absolute atomic E-state index is 11.5. The summed E-state index contributed by atoms with van der Waals surface area (Å²) >= 11 is 0. The van der Waals surface area contributed by atoms with Gasteiger partial charge in [-0.05, 0) is 44.1 Å². The summed E-state index contributed by atoms with van der Waals surface area (Å²) in [6.07, 6.45) is 2.21. The molecule has 1 aromatic rings. The molecule has 0 aliphatic carbocycles. The van der Waals surface area contributed by atoms with Crippen LogP contribution in [0.4, 0.5) is 5.69 Å². The second kappa shape index (κ2) is 6.79. The fourth-order valence-electron chi connectivity index (χ4n) is 2.82. The quantitative estimate of drug-likeness (QED) is 0.660. The Morgan fingerprint density at radius 1 is 1.50 bits per heavy atom. The average molecular weight is 275 g/mol. The Kier molecular flexibility index (Phi) is 5.07. The van der Waals surface area contributed by atoms with Crippen LogP contribution in [0, 0.1) is 5.92 Å². The number of fused-ring (bicyclic) bond motifs is 1. The number of rotatable bonds is 5. The summed E-state index contributed by atoms with van der Waals surface area (Å²) in [7, 11) is -0.512. The van der Waals surface area contributed by atoms with E-state index in [1.54, 1.807) is 6.82 Å². The molecular formula is C15H22BNO3. The van der Waals surface area contributed by atoms with E-state index in [1.165, 1.54) is 5.56 Å². The topological polar surface area (TPSA) is 49.8 Å². The van der Waals surface area contributed by atoms with Gasteiger partial charge in [0.2, 0.25) is 0 Å². The zero-order valence-corrected chi connectivity index (χ0v) is 12.2. The predicted octanol–water partition coefficient (Wildman–Crippen LogP) is 2.12. The summed E-state index contributed by atoms with van der Waals surface area (Å²) in [6.45, 7) is 4.83. The minimum Gasteiger partial charge on any atom is -0.466 e. The molecule has 108 valence electrons.